The highest BCUT2D eigenvalue weighted by atomic mass is 35.5. The van der Waals surface area contributed by atoms with Gasteiger partial charge in [-0.25, -0.2) is 0 Å². The Morgan fingerprint density at radius 1 is 1.40 bits per heavy atom. The molecule has 1 atom stereocenters. The molecule has 4 nitrogen and oxygen atoms in total. The summed E-state index contributed by atoms with van der Waals surface area (Å²) in [7, 11) is 0. The van der Waals surface area contributed by atoms with E-state index in [0.29, 0.717) is 29.8 Å². The van der Waals surface area contributed by atoms with Crippen molar-refractivity contribution in [2.24, 2.45) is 5.92 Å². The summed E-state index contributed by atoms with van der Waals surface area (Å²) in [5, 5.41) is 9.74. The molecule has 1 fully saturated rings. The van der Waals surface area contributed by atoms with Crippen LogP contribution in [0.4, 0.5) is 0 Å². The summed E-state index contributed by atoms with van der Waals surface area (Å²) in [6.45, 7) is 3.35. The van der Waals surface area contributed by atoms with Crippen LogP contribution in [0.5, 0.6) is 5.75 Å². The Balaban J connectivity index is 1.87. The Morgan fingerprint density at radius 3 is 2.55 bits per heavy atom. The zero-order chi connectivity index (χ0) is 14.5. The van der Waals surface area contributed by atoms with Gasteiger partial charge in [0.2, 0.25) is 0 Å². The average molecular weight is 298 g/mol. The van der Waals surface area contributed by atoms with E-state index in [2.05, 4.69) is 0 Å². The monoisotopic (exact) mass is 297 g/mol. The first-order valence-electron chi connectivity index (χ1n) is 6.92. The van der Waals surface area contributed by atoms with E-state index < -0.39 is 6.10 Å². The molecule has 1 heterocycles. The van der Waals surface area contributed by atoms with Crippen molar-refractivity contribution in [3.05, 3.63) is 29.3 Å². The van der Waals surface area contributed by atoms with Crippen LogP contribution in [-0.4, -0.2) is 41.7 Å². The molecule has 110 valence electrons. The number of aliphatic hydroxyl groups is 1. The van der Waals surface area contributed by atoms with Crippen LogP contribution in [-0.2, 0) is 4.79 Å². The van der Waals surface area contributed by atoms with E-state index in [-0.39, 0.29) is 12.5 Å². The van der Waals surface area contributed by atoms with E-state index in [1.54, 1.807) is 31.2 Å². The number of piperidine rings is 1. The molecule has 20 heavy (non-hydrogen) atoms. The van der Waals surface area contributed by atoms with Gasteiger partial charge in [-0.3, -0.25) is 4.79 Å². The lowest BCUT2D eigenvalue weighted by Crippen LogP contribution is -2.45. The number of carbonyl (C=O) groups is 1. The Kier molecular flexibility index (Phi) is 5.26. The van der Waals surface area contributed by atoms with Crippen LogP contribution in [0.1, 0.15) is 19.8 Å². The minimum Gasteiger partial charge on any atom is -0.481 e. The molecular weight excluding hydrogens is 278 g/mol. The van der Waals surface area contributed by atoms with Crippen LogP contribution < -0.4 is 4.74 Å². The van der Waals surface area contributed by atoms with Gasteiger partial charge >= 0.3 is 0 Å². The van der Waals surface area contributed by atoms with Crippen molar-refractivity contribution in [3.8, 4) is 5.75 Å². The Bertz CT molecular complexity index is 441. The van der Waals surface area contributed by atoms with Gasteiger partial charge in [-0.1, -0.05) is 11.6 Å². The minimum absolute atomic E-state index is 0.00339. The Labute approximate surface area is 124 Å². The molecule has 1 aliphatic heterocycles. The van der Waals surface area contributed by atoms with Crippen molar-refractivity contribution >= 4 is 17.5 Å². The zero-order valence-electron chi connectivity index (χ0n) is 11.6. The Morgan fingerprint density at radius 2 is 2.00 bits per heavy atom. The highest BCUT2D eigenvalue weighted by Crippen LogP contribution is 2.20. The maximum absolute atomic E-state index is 12.3. The quantitative estimate of drug-likeness (QED) is 0.928. The molecule has 0 spiro atoms. The van der Waals surface area contributed by atoms with Gasteiger partial charge in [0, 0.05) is 24.7 Å². The lowest BCUT2D eigenvalue weighted by atomic mass is 9.97. The molecule has 1 aromatic rings. The topological polar surface area (TPSA) is 49.8 Å². The van der Waals surface area contributed by atoms with Crippen LogP contribution in [0.15, 0.2) is 24.3 Å². The van der Waals surface area contributed by atoms with Crippen LogP contribution in [0, 0.1) is 5.92 Å². The second-order valence-electron chi connectivity index (χ2n) is 5.17. The lowest BCUT2D eigenvalue weighted by molar-refractivity contribution is -0.139. The normalized spacial score (nSPS) is 17.9. The summed E-state index contributed by atoms with van der Waals surface area (Å²) in [6, 6.07) is 6.98. The van der Waals surface area contributed by atoms with E-state index >= 15 is 0 Å². The molecule has 0 aromatic heterocycles. The molecular formula is C15H20ClNO3. The molecule has 5 heteroatoms. The Hall–Kier alpha value is -1.26. The molecule has 0 radical (unpaired) electrons. The van der Waals surface area contributed by atoms with Gasteiger partial charge < -0.3 is 14.7 Å². The van der Waals surface area contributed by atoms with E-state index in [1.165, 1.54) is 0 Å². The SMILES string of the molecule is CC(Oc1ccc(Cl)cc1)C(=O)N1CCC(CO)CC1. The van der Waals surface area contributed by atoms with Crippen LogP contribution >= 0.6 is 11.6 Å². The summed E-state index contributed by atoms with van der Waals surface area (Å²) in [4.78, 5) is 14.1. The van der Waals surface area contributed by atoms with Gasteiger partial charge in [-0.05, 0) is 49.9 Å². The number of hydrogen-bond donors (Lipinski definition) is 1. The maximum Gasteiger partial charge on any atom is 0.263 e. The molecule has 0 aliphatic carbocycles. The predicted molar refractivity (Wildman–Crippen MR) is 77.9 cm³/mol. The van der Waals surface area contributed by atoms with Crippen LogP contribution in [0.25, 0.3) is 0 Å². The maximum atomic E-state index is 12.3. The predicted octanol–water partition coefficient (Wildman–Crippen LogP) is 2.34. The molecule has 1 amide bonds. The van der Waals surface area contributed by atoms with Gasteiger partial charge in [0.15, 0.2) is 6.10 Å². The highest BCUT2D eigenvalue weighted by molar-refractivity contribution is 6.30. The van der Waals surface area contributed by atoms with Crippen molar-refractivity contribution in [1.82, 2.24) is 4.90 Å². The van der Waals surface area contributed by atoms with Gasteiger partial charge in [-0.15, -0.1) is 0 Å². The molecule has 1 aromatic carbocycles. The molecule has 2 rings (SSSR count). The van der Waals surface area contributed by atoms with Gasteiger partial charge in [0.25, 0.3) is 5.91 Å². The van der Waals surface area contributed by atoms with E-state index in [4.69, 9.17) is 21.4 Å². The number of halogens is 1. The van der Waals surface area contributed by atoms with Gasteiger partial charge in [-0.2, -0.15) is 0 Å². The fourth-order valence-corrected chi connectivity index (χ4v) is 2.49. The van der Waals surface area contributed by atoms with E-state index in [0.717, 1.165) is 12.8 Å². The minimum atomic E-state index is -0.512. The van der Waals surface area contributed by atoms with Crippen LogP contribution in [0.3, 0.4) is 0 Å². The average Bonchev–Trinajstić information content (AvgIpc) is 2.49. The third kappa shape index (κ3) is 3.87. The van der Waals surface area contributed by atoms with Gasteiger partial charge in [0.05, 0.1) is 0 Å². The number of ether oxygens (including phenoxy) is 1. The van der Waals surface area contributed by atoms with Crippen molar-refractivity contribution < 1.29 is 14.6 Å². The standard InChI is InChI=1S/C15H20ClNO3/c1-11(20-14-4-2-13(16)3-5-14)15(19)17-8-6-12(10-18)7-9-17/h2-5,11-12,18H,6-10H2,1H3. The summed E-state index contributed by atoms with van der Waals surface area (Å²) in [5.74, 6) is 0.961. The first-order chi connectivity index (χ1) is 9.60. The fourth-order valence-electron chi connectivity index (χ4n) is 2.36. The molecule has 0 saturated carbocycles. The zero-order valence-corrected chi connectivity index (χ0v) is 12.3. The van der Waals surface area contributed by atoms with Crippen molar-refractivity contribution in [2.75, 3.05) is 19.7 Å². The third-order valence-corrected chi connectivity index (χ3v) is 3.91. The largest absolute Gasteiger partial charge is 0.481 e. The number of rotatable bonds is 4. The molecule has 1 N–H and O–H groups in total. The van der Waals surface area contributed by atoms with Crippen molar-refractivity contribution in [3.63, 3.8) is 0 Å². The summed E-state index contributed by atoms with van der Waals surface area (Å²) in [5.41, 5.74) is 0. The second-order valence-corrected chi connectivity index (χ2v) is 5.60. The molecule has 1 saturated heterocycles. The third-order valence-electron chi connectivity index (χ3n) is 3.66. The smallest absolute Gasteiger partial charge is 0.263 e. The number of amides is 1. The van der Waals surface area contributed by atoms with Crippen LogP contribution in [0.2, 0.25) is 5.02 Å². The number of benzene rings is 1. The molecule has 0 bridgehead atoms. The number of aliphatic hydroxyl groups excluding tert-OH is 1. The van der Waals surface area contributed by atoms with Crippen molar-refractivity contribution in [2.45, 2.75) is 25.9 Å². The van der Waals surface area contributed by atoms with Gasteiger partial charge in [0.1, 0.15) is 5.75 Å². The summed E-state index contributed by atoms with van der Waals surface area (Å²) < 4.78 is 5.64. The van der Waals surface area contributed by atoms with E-state index in [1.807, 2.05) is 4.90 Å². The van der Waals surface area contributed by atoms with Crippen molar-refractivity contribution in [1.29, 1.82) is 0 Å². The van der Waals surface area contributed by atoms with E-state index in [9.17, 15) is 4.79 Å². The lowest BCUT2D eigenvalue weighted by Gasteiger charge is -2.32. The number of nitrogens with zero attached hydrogens (tertiary/aromatic N) is 1. The second kappa shape index (κ2) is 6.95. The number of hydrogen-bond acceptors (Lipinski definition) is 3. The summed E-state index contributed by atoms with van der Waals surface area (Å²) in [6.07, 6.45) is 1.20. The number of likely N-dealkylation sites (tertiary alicyclic amines) is 1. The summed E-state index contributed by atoms with van der Waals surface area (Å²) >= 11 is 5.81. The number of carbonyl (C=O) groups excluding carboxylic acids is 1. The molecule has 1 unspecified atom stereocenters. The highest BCUT2D eigenvalue weighted by Gasteiger charge is 2.26. The fraction of sp³-hybridized carbons (Fsp3) is 0.533. The first-order valence-corrected chi connectivity index (χ1v) is 7.30. The first kappa shape index (κ1) is 15.1. The molecule has 1 aliphatic rings.